The number of hydrogen-bond acceptors (Lipinski definition) is 2. The van der Waals surface area contributed by atoms with Crippen LogP contribution < -0.4 is 5.73 Å². The lowest BCUT2D eigenvalue weighted by atomic mass is 10.5. The molecule has 1 rings (SSSR count). The molecule has 1 unspecified atom stereocenters. The summed E-state index contributed by atoms with van der Waals surface area (Å²) in [4.78, 5) is 0. The van der Waals surface area contributed by atoms with Gasteiger partial charge in [0.2, 0.25) is 0 Å². The molecule has 0 radical (unpaired) electrons. The van der Waals surface area contributed by atoms with Crippen molar-refractivity contribution in [3.8, 4) is 0 Å². The van der Waals surface area contributed by atoms with Gasteiger partial charge < -0.3 is 5.73 Å². The standard InChI is InChI=1S/C5H9N2P/c1-8-4-5(6)2-3-7-8/h2-4,8H,1H3,(H2,6,7). The molecule has 1 aliphatic heterocycles. The van der Waals surface area contributed by atoms with Crippen molar-refractivity contribution in [2.24, 2.45) is 10.5 Å². The molecule has 2 nitrogen and oxygen atoms in total. The predicted octanol–water partition coefficient (Wildman–Crippen LogP) is 1.34. The fourth-order valence-electron chi connectivity index (χ4n) is 0.567. The molecule has 44 valence electrons. The summed E-state index contributed by atoms with van der Waals surface area (Å²) in [5.74, 6) is 2.02. The van der Waals surface area contributed by atoms with Gasteiger partial charge >= 0.3 is 0 Å². The highest BCUT2D eigenvalue weighted by atomic mass is 31.1. The van der Waals surface area contributed by atoms with E-state index in [2.05, 4.69) is 11.4 Å². The Labute approximate surface area is 49.6 Å². The van der Waals surface area contributed by atoms with Crippen LogP contribution in [0.5, 0.6) is 0 Å². The van der Waals surface area contributed by atoms with Crippen molar-refractivity contribution in [1.29, 1.82) is 0 Å². The minimum atomic E-state index is -0.591. The van der Waals surface area contributed by atoms with Crippen molar-refractivity contribution in [3.63, 3.8) is 0 Å². The van der Waals surface area contributed by atoms with Crippen LogP contribution in [0.2, 0.25) is 0 Å². The molecule has 0 saturated heterocycles. The van der Waals surface area contributed by atoms with Crippen LogP contribution in [0.4, 0.5) is 0 Å². The van der Waals surface area contributed by atoms with Crippen molar-refractivity contribution in [2.45, 2.75) is 0 Å². The highest BCUT2D eigenvalue weighted by molar-refractivity contribution is 7.50. The Hall–Kier alpha value is -0.490. The summed E-state index contributed by atoms with van der Waals surface area (Å²) in [6, 6.07) is 0. The van der Waals surface area contributed by atoms with Gasteiger partial charge in [0.1, 0.15) is 0 Å². The third kappa shape index (κ3) is 1.24. The summed E-state index contributed by atoms with van der Waals surface area (Å²) in [5.41, 5.74) is 6.32. The summed E-state index contributed by atoms with van der Waals surface area (Å²) < 4.78 is 4.15. The van der Waals surface area contributed by atoms with E-state index >= 15 is 0 Å². The molecule has 0 amide bonds. The van der Waals surface area contributed by atoms with E-state index in [0.717, 1.165) is 5.70 Å². The van der Waals surface area contributed by atoms with Crippen LogP contribution in [-0.4, -0.2) is 6.66 Å². The van der Waals surface area contributed by atoms with Crippen LogP contribution in [0.3, 0.4) is 0 Å². The summed E-state index contributed by atoms with van der Waals surface area (Å²) >= 11 is 0. The molecule has 3 heteroatoms. The first kappa shape index (κ1) is 5.64. The minimum absolute atomic E-state index is 0.591. The molecule has 1 atom stereocenters. The fourth-order valence-corrected chi connectivity index (χ4v) is 1.53. The van der Waals surface area contributed by atoms with Crippen molar-refractivity contribution < 1.29 is 0 Å². The molecule has 2 N–H and O–H groups in total. The van der Waals surface area contributed by atoms with Crippen LogP contribution in [-0.2, 0) is 0 Å². The Morgan fingerprint density at radius 2 is 2.50 bits per heavy atom. The Balaban J connectivity index is 2.89. The van der Waals surface area contributed by atoms with Gasteiger partial charge in [-0.25, -0.2) is 0 Å². The smallest absolute Gasteiger partial charge is 0.0345 e. The zero-order valence-corrected chi connectivity index (χ0v) is 5.76. The molecule has 1 heterocycles. The fraction of sp³-hybridized carbons (Fsp3) is 0.200. The van der Waals surface area contributed by atoms with Gasteiger partial charge in [0, 0.05) is 11.9 Å². The summed E-state index contributed by atoms with van der Waals surface area (Å²) in [5, 5.41) is 0. The van der Waals surface area contributed by atoms with E-state index in [-0.39, 0.29) is 0 Å². The third-order valence-corrected chi connectivity index (χ3v) is 2.23. The molecule has 0 spiro atoms. The van der Waals surface area contributed by atoms with E-state index in [1.165, 1.54) is 0 Å². The van der Waals surface area contributed by atoms with Crippen LogP contribution in [0.15, 0.2) is 28.5 Å². The van der Waals surface area contributed by atoms with Crippen LogP contribution in [0.1, 0.15) is 0 Å². The average Bonchev–Trinajstić information content (AvgIpc) is 1.64. The molecule has 0 aromatic heterocycles. The van der Waals surface area contributed by atoms with E-state index < -0.39 is 7.71 Å². The van der Waals surface area contributed by atoms with E-state index in [9.17, 15) is 0 Å². The topological polar surface area (TPSA) is 38.4 Å². The first-order chi connectivity index (χ1) is 3.79. The SMILES string of the molecule is C[PH]1=NC=CC(N)=C1. The molecule has 0 saturated carbocycles. The van der Waals surface area contributed by atoms with Gasteiger partial charge in [-0.3, -0.25) is 4.74 Å². The summed E-state index contributed by atoms with van der Waals surface area (Å²) in [6.45, 7) is 2.10. The van der Waals surface area contributed by atoms with Crippen molar-refractivity contribution in [3.05, 3.63) is 23.8 Å². The van der Waals surface area contributed by atoms with Crippen molar-refractivity contribution in [1.82, 2.24) is 0 Å². The second-order valence-electron chi connectivity index (χ2n) is 1.73. The maximum Gasteiger partial charge on any atom is 0.0345 e. The minimum Gasteiger partial charge on any atom is -0.399 e. The number of nitrogens with zero attached hydrogens (tertiary/aromatic N) is 1. The Morgan fingerprint density at radius 1 is 1.75 bits per heavy atom. The Kier molecular flexibility index (Phi) is 1.54. The highest BCUT2D eigenvalue weighted by Gasteiger charge is 1.87. The van der Waals surface area contributed by atoms with Crippen LogP contribution in [0, 0.1) is 0 Å². The zero-order chi connectivity index (χ0) is 5.98. The number of rotatable bonds is 0. The summed E-state index contributed by atoms with van der Waals surface area (Å²) in [6.07, 6.45) is 3.60. The molecule has 0 fully saturated rings. The maximum atomic E-state index is 5.46. The number of nitrogens with two attached hydrogens (primary N) is 1. The van der Waals surface area contributed by atoms with Gasteiger partial charge in [0.25, 0.3) is 0 Å². The molecule has 8 heavy (non-hydrogen) atoms. The van der Waals surface area contributed by atoms with E-state index in [1.807, 2.05) is 11.9 Å². The van der Waals surface area contributed by atoms with Gasteiger partial charge in [-0.15, -0.1) is 0 Å². The van der Waals surface area contributed by atoms with E-state index in [1.54, 1.807) is 6.20 Å². The van der Waals surface area contributed by atoms with Gasteiger partial charge in [-0.2, -0.15) is 0 Å². The van der Waals surface area contributed by atoms with Gasteiger partial charge in [0.05, 0.1) is 0 Å². The molecule has 0 aliphatic carbocycles. The molecular weight excluding hydrogens is 119 g/mol. The predicted molar refractivity (Wildman–Crippen MR) is 38.1 cm³/mol. The van der Waals surface area contributed by atoms with Gasteiger partial charge in [-0.05, 0) is 26.3 Å². The van der Waals surface area contributed by atoms with E-state index in [0.29, 0.717) is 0 Å². The molecular formula is C5H9N2P. The lowest BCUT2D eigenvalue weighted by molar-refractivity contribution is 1.40. The third-order valence-electron chi connectivity index (χ3n) is 0.921. The largest absolute Gasteiger partial charge is 0.399 e. The van der Waals surface area contributed by atoms with E-state index in [4.69, 9.17) is 5.73 Å². The Morgan fingerprint density at radius 3 is 2.88 bits per heavy atom. The molecule has 0 bridgehead atoms. The van der Waals surface area contributed by atoms with Gasteiger partial charge in [0.15, 0.2) is 0 Å². The summed E-state index contributed by atoms with van der Waals surface area (Å²) in [7, 11) is -0.591. The first-order valence-electron chi connectivity index (χ1n) is 2.47. The zero-order valence-electron chi connectivity index (χ0n) is 4.76. The van der Waals surface area contributed by atoms with Crippen LogP contribution >= 0.6 is 7.71 Å². The molecule has 0 aromatic rings. The number of hydrogen-bond donors (Lipinski definition) is 1. The Bertz CT molecular complexity index is 176. The highest BCUT2D eigenvalue weighted by Crippen LogP contribution is 2.25. The molecule has 0 aromatic carbocycles. The van der Waals surface area contributed by atoms with Gasteiger partial charge in [-0.1, -0.05) is 0 Å². The van der Waals surface area contributed by atoms with Crippen molar-refractivity contribution in [2.75, 3.05) is 6.66 Å². The number of allylic oxidation sites excluding steroid dienone is 1. The van der Waals surface area contributed by atoms with Crippen molar-refractivity contribution >= 4 is 7.71 Å². The quantitative estimate of drug-likeness (QED) is 0.491. The second kappa shape index (κ2) is 2.19. The maximum absolute atomic E-state index is 5.46. The normalized spacial score (nSPS) is 26.6. The average molecular weight is 128 g/mol. The molecule has 1 aliphatic rings. The second-order valence-corrected chi connectivity index (χ2v) is 3.56. The monoisotopic (exact) mass is 128 g/mol. The van der Waals surface area contributed by atoms with Crippen LogP contribution in [0.25, 0.3) is 0 Å². The lowest BCUT2D eigenvalue weighted by Crippen LogP contribution is -1.91. The first-order valence-corrected chi connectivity index (χ1v) is 4.49. The lowest BCUT2D eigenvalue weighted by Gasteiger charge is -1.97.